The first kappa shape index (κ1) is 28.5. The SMILES string of the molecule is Cc1ccc(CC2CCCN2CC(O)CO[C@H](C)C2(C)CC=CC=C2c2ccc(C(=O)O)c(Cl)c2)cc1F. The number of carboxylic acids is 1. The highest BCUT2D eigenvalue weighted by Crippen LogP contribution is 2.45. The van der Waals surface area contributed by atoms with E-state index in [4.69, 9.17) is 16.3 Å². The molecule has 0 spiro atoms. The van der Waals surface area contributed by atoms with Gasteiger partial charge in [-0.05, 0) is 86.5 Å². The molecule has 2 aromatic rings. The number of aliphatic hydroxyl groups excluding tert-OH is 1. The normalized spacial score (nSPS) is 23.3. The number of halogens is 2. The summed E-state index contributed by atoms with van der Waals surface area (Å²) in [6.07, 6.45) is 8.85. The fourth-order valence-corrected chi connectivity index (χ4v) is 5.87. The summed E-state index contributed by atoms with van der Waals surface area (Å²) < 4.78 is 20.3. The van der Waals surface area contributed by atoms with Crippen molar-refractivity contribution >= 4 is 23.1 Å². The van der Waals surface area contributed by atoms with Crippen LogP contribution in [0.4, 0.5) is 4.39 Å². The molecule has 2 N–H and O–H groups in total. The Morgan fingerprint density at radius 1 is 1.29 bits per heavy atom. The summed E-state index contributed by atoms with van der Waals surface area (Å²) in [4.78, 5) is 13.7. The first-order chi connectivity index (χ1) is 18.1. The molecule has 38 heavy (non-hydrogen) atoms. The largest absolute Gasteiger partial charge is 0.478 e. The van der Waals surface area contributed by atoms with E-state index >= 15 is 0 Å². The van der Waals surface area contributed by atoms with E-state index in [1.54, 1.807) is 25.1 Å². The number of benzene rings is 2. The summed E-state index contributed by atoms with van der Waals surface area (Å²) in [6.45, 7) is 7.53. The van der Waals surface area contributed by atoms with Crippen LogP contribution in [0.15, 0.2) is 54.6 Å². The number of rotatable bonds is 10. The van der Waals surface area contributed by atoms with Crippen LogP contribution >= 0.6 is 11.6 Å². The zero-order valence-corrected chi connectivity index (χ0v) is 23.0. The molecule has 4 rings (SSSR count). The number of hydrogen-bond donors (Lipinski definition) is 2. The van der Waals surface area contributed by atoms with Crippen molar-refractivity contribution in [1.82, 2.24) is 4.90 Å². The lowest BCUT2D eigenvalue weighted by Crippen LogP contribution is -2.41. The molecule has 1 aliphatic carbocycles. The molecule has 0 radical (unpaired) electrons. The van der Waals surface area contributed by atoms with Gasteiger partial charge < -0.3 is 14.9 Å². The van der Waals surface area contributed by atoms with Crippen molar-refractivity contribution in [3.63, 3.8) is 0 Å². The fraction of sp³-hybridized carbons (Fsp3) is 0.452. The molecule has 0 aromatic heterocycles. The number of ether oxygens (including phenoxy) is 1. The van der Waals surface area contributed by atoms with Gasteiger partial charge in [0.25, 0.3) is 0 Å². The molecule has 3 unspecified atom stereocenters. The van der Waals surface area contributed by atoms with Crippen molar-refractivity contribution < 1.29 is 24.1 Å². The van der Waals surface area contributed by atoms with Crippen LogP contribution in [0.25, 0.3) is 5.57 Å². The van der Waals surface area contributed by atoms with E-state index in [1.165, 1.54) is 6.07 Å². The number of aliphatic hydroxyl groups is 1. The predicted molar refractivity (Wildman–Crippen MR) is 149 cm³/mol. The van der Waals surface area contributed by atoms with Gasteiger partial charge in [0.15, 0.2) is 0 Å². The second kappa shape index (κ2) is 12.1. The van der Waals surface area contributed by atoms with Gasteiger partial charge >= 0.3 is 5.97 Å². The van der Waals surface area contributed by atoms with Crippen molar-refractivity contribution in [2.45, 2.75) is 64.7 Å². The number of hydrogen-bond acceptors (Lipinski definition) is 4. The molecule has 1 aliphatic heterocycles. The highest BCUT2D eigenvalue weighted by atomic mass is 35.5. The molecule has 0 amide bonds. The Hall–Kier alpha value is -2.51. The Morgan fingerprint density at radius 3 is 2.79 bits per heavy atom. The van der Waals surface area contributed by atoms with Crippen LogP contribution in [0.3, 0.4) is 0 Å². The molecular weight excluding hydrogens is 505 g/mol. The Kier molecular flexibility index (Phi) is 9.09. The maximum atomic E-state index is 14.0. The molecule has 1 heterocycles. The van der Waals surface area contributed by atoms with Gasteiger partial charge in [-0.2, -0.15) is 0 Å². The molecule has 1 saturated heterocycles. The molecule has 0 saturated carbocycles. The van der Waals surface area contributed by atoms with Crippen LogP contribution in [0.2, 0.25) is 5.02 Å². The van der Waals surface area contributed by atoms with Crippen molar-refractivity contribution in [2.24, 2.45) is 5.41 Å². The average molecular weight is 542 g/mol. The standard InChI is InChI=1S/C31H37ClFNO4/c1-20-9-10-22(16-29(20)33)15-24-7-6-14-34(24)18-25(35)19-38-21(2)31(3)13-5-4-8-27(31)23-11-12-26(30(36)37)28(32)17-23/h4-5,8-12,16-17,21,24-25,35H,6-7,13-15,18-19H2,1-3H3,(H,36,37)/t21-,24?,25?,31?/m1/s1. The lowest BCUT2D eigenvalue weighted by molar-refractivity contribution is -0.0477. The Balaban J connectivity index is 1.37. The van der Waals surface area contributed by atoms with E-state index in [-0.39, 0.29) is 40.6 Å². The third-order valence-corrected chi connectivity index (χ3v) is 8.47. The van der Waals surface area contributed by atoms with Gasteiger partial charge in [0.1, 0.15) is 5.82 Å². The number of likely N-dealkylation sites (tertiary alicyclic amines) is 1. The quantitative estimate of drug-likeness (QED) is 0.369. The smallest absolute Gasteiger partial charge is 0.337 e. The summed E-state index contributed by atoms with van der Waals surface area (Å²) in [5.74, 6) is -1.23. The molecule has 2 aromatic carbocycles. The number of carbonyl (C=O) groups is 1. The van der Waals surface area contributed by atoms with Crippen LogP contribution in [0.5, 0.6) is 0 Å². The molecule has 0 bridgehead atoms. The van der Waals surface area contributed by atoms with Crippen LogP contribution in [-0.4, -0.2) is 59.0 Å². The highest BCUT2D eigenvalue weighted by molar-refractivity contribution is 6.33. The zero-order valence-electron chi connectivity index (χ0n) is 22.3. The molecule has 204 valence electrons. The summed E-state index contributed by atoms with van der Waals surface area (Å²) in [5.41, 5.74) is 3.21. The van der Waals surface area contributed by atoms with E-state index in [2.05, 4.69) is 17.9 Å². The minimum atomic E-state index is -1.06. The number of allylic oxidation sites excluding steroid dienone is 3. The zero-order chi connectivity index (χ0) is 27.4. The fourth-order valence-electron chi connectivity index (χ4n) is 5.61. The van der Waals surface area contributed by atoms with Crippen molar-refractivity contribution in [1.29, 1.82) is 0 Å². The van der Waals surface area contributed by atoms with Gasteiger partial charge in [-0.15, -0.1) is 0 Å². The van der Waals surface area contributed by atoms with Crippen molar-refractivity contribution in [2.75, 3.05) is 19.7 Å². The monoisotopic (exact) mass is 541 g/mol. The molecule has 4 atom stereocenters. The van der Waals surface area contributed by atoms with Gasteiger partial charge in [-0.3, -0.25) is 4.90 Å². The number of aromatic carboxylic acids is 1. The van der Waals surface area contributed by atoms with Crippen molar-refractivity contribution in [3.05, 3.63) is 87.7 Å². The topological polar surface area (TPSA) is 70.0 Å². The van der Waals surface area contributed by atoms with Gasteiger partial charge in [-0.25, -0.2) is 9.18 Å². The minimum Gasteiger partial charge on any atom is -0.478 e. The number of aryl methyl sites for hydroxylation is 1. The second-order valence-electron chi connectivity index (χ2n) is 10.8. The number of carboxylic acid groups (broad SMARTS) is 1. The van der Waals surface area contributed by atoms with Gasteiger partial charge in [0.05, 0.1) is 29.4 Å². The number of nitrogens with zero attached hydrogens (tertiary/aromatic N) is 1. The second-order valence-corrected chi connectivity index (χ2v) is 11.2. The summed E-state index contributed by atoms with van der Waals surface area (Å²) in [7, 11) is 0. The van der Waals surface area contributed by atoms with Crippen LogP contribution in [0, 0.1) is 18.2 Å². The Bertz CT molecular complexity index is 1230. The van der Waals surface area contributed by atoms with Gasteiger partial charge in [0, 0.05) is 18.0 Å². The summed E-state index contributed by atoms with van der Waals surface area (Å²) in [5, 5.41) is 20.4. The molecule has 5 nitrogen and oxygen atoms in total. The maximum Gasteiger partial charge on any atom is 0.337 e. The van der Waals surface area contributed by atoms with Crippen LogP contribution < -0.4 is 0 Å². The van der Waals surface area contributed by atoms with E-state index < -0.39 is 12.1 Å². The first-order valence-corrected chi connectivity index (χ1v) is 13.7. The van der Waals surface area contributed by atoms with Gasteiger partial charge in [-0.1, -0.05) is 55.0 Å². The third kappa shape index (κ3) is 6.37. The van der Waals surface area contributed by atoms with Crippen LogP contribution in [-0.2, 0) is 11.2 Å². The molecule has 2 aliphatic rings. The van der Waals surface area contributed by atoms with E-state index in [1.807, 2.05) is 31.2 Å². The predicted octanol–water partition coefficient (Wildman–Crippen LogP) is 6.31. The summed E-state index contributed by atoms with van der Waals surface area (Å²) in [6, 6.07) is 10.7. The van der Waals surface area contributed by atoms with E-state index in [0.717, 1.165) is 48.9 Å². The van der Waals surface area contributed by atoms with E-state index in [0.29, 0.717) is 12.1 Å². The van der Waals surface area contributed by atoms with Gasteiger partial charge in [0.2, 0.25) is 0 Å². The lowest BCUT2D eigenvalue weighted by atomic mass is 9.70. The molecule has 7 heteroatoms. The Labute approximate surface area is 229 Å². The molecule has 1 fully saturated rings. The first-order valence-electron chi connectivity index (χ1n) is 13.3. The van der Waals surface area contributed by atoms with Crippen LogP contribution in [0.1, 0.15) is 60.2 Å². The number of β-amino-alcohol motifs (C(OH)–C–C–N with tert-alkyl or cyclic N) is 1. The summed E-state index contributed by atoms with van der Waals surface area (Å²) >= 11 is 6.26. The lowest BCUT2D eigenvalue weighted by Gasteiger charge is -2.39. The van der Waals surface area contributed by atoms with E-state index in [9.17, 15) is 19.4 Å². The highest BCUT2D eigenvalue weighted by Gasteiger charge is 2.37. The molecular formula is C31H37ClFNO4. The Morgan fingerprint density at radius 2 is 2.08 bits per heavy atom. The third-order valence-electron chi connectivity index (χ3n) is 8.15. The van der Waals surface area contributed by atoms with Crippen molar-refractivity contribution in [3.8, 4) is 0 Å². The minimum absolute atomic E-state index is 0.0734. The average Bonchev–Trinajstić information content (AvgIpc) is 3.30. The maximum absolute atomic E-state index is 14.0.